The average molecular weight is 308 g/mol. The summed E-state index contributed by atoms with van der Waals surface area (Å²) in [5.74, 6) is 1.90. The lowest BCUT2D eigenvalue weighted by Crippen LogP contribution is -2.43. The van der Waals surface area contributed by atoms with Crippen LogP contribution in [0.2, 0.25) is 0 Å². The zero-order valence-corrected chi connectivity index (χ0v) is 13.6. The van der Waals surface area contributed by atoms with E-state index in [4.69, 9.17) is 19.9 Å². The van der Waals surface area contributed by atoms with Crippen molar-refractivity contribution in [1.82, 2.24) is 4.90 Å². The van der Waals surface area contributed by atoms with Gasteiger partial charge in [-0.2, -0.15) is 0 Å². The van der Waals surface area contributed by atoms with E-state index in [1.54, 1.807) is 28.3 Å². The Balaban J connectivity index is 2.38. The van der Waals surface area contributed by atoms with Gasteiger partial charge in [-0.25, -0.2) is 0 Å². The number of hydrogen-bond donors (Lipinski definition) is 1. The second-order valence-electron chi connectivity index (χ2n) is 5.40. The van der Waals surface area contributed by atoms with E-state index in [0.29, 0.717) is 36.8 Å². The van der Waals surface area contributed by atoms with Gasteiger partial charge in [-0.3, -0.25) is 4.79 Å². The number of methoxy groups -OCH3 is 3. The maximum absolute atomic E-state index is 12.1. The van der Waals surface area contributed by atoms with Crippen LogP contribution in [0.5, 0.6) is 17.2 Å². The van der Waals surface area contributed by atoms with Crippen molar-refractivity contribution in [1.29, 1.82) is 0 Å². The first kappa shape index (κ1) is 16.4. The molecule has 0 aliphatic carbocycles. The van der Waals surface area contributed by atoms with E-state index >= 15 is 0 Å². The zero-order valence-electron chi connectivity index (χ0n) is 13.6. The van der Waals surface area contributed by atoms with Gasteiger partial charge in [-0.1, -0.05) is 0 Å². The topological polar surface area (TPSA) is 74.0 Å². The smallest absolute Gasteiger partial charge is 0.239 e. The molecule has 1 aromatic rings. The van der Waals surface area contributed by atoms with Crippen LogP contribution in [0.3, 0.4) is 0 Å². The van der Waals surface area contributed by atoms with Crippen molar-refractivity contribution < 1.29 is 19.0 Å². The number of carbonyl (C=O) groups excluding carboxylic acids is 1. The molecule has 0 spiro atoms. The van der Waals surface area contributed by atoms with Crippen molar-refractivity contribution in [2.24, 2.45) is 5.73 Å². The Labute approximate surface area is 131 Å². The molecule has 1 aromatic carbocycles. The molecule has 2 N–H and O–H groups in total. The van der Waals surface area contributed by atoms with Crippen LogP contribution in [0, 0.1) is 0 Å². The number of rotatable bonds is 4. The van der Waals surface area contributed by atoms with Gasteiger partial charge in [0.2, 0.25) is 11.7 Å². The van der Waals surface area contributed by atoms with Crippen molar-refractivity contribution in [3.63, 3.8) is 0 Å². The molecular weight excluding hydrogens is 284 g/mol. The third kappa shape index (κ3) is 2.97. The van der Waals surface area contributed by atoms with Crippen molar-refractivity contribution >= 4 is 5.91 Å². The summed E-state index contributed by atoms with van der Waals surface area (Å²) in [6.07, 6.45) is 1.45. The average Bonchev–Trinajstić information content (AvgIpc) is 2.74. The van der Waals surface area contributed by atoms with Gasteiger partial charge in [0, 0.05) is 18.7 Å². The van der Waals surface area contributed by atoms with Crippen LogP contribution in [0.15, 0.2) is 6.07 Å². The maximum atomic E-state index is 12.1. The monoisotopic (exact) mass is 308 g/mol. The Bertz CT molecular complexity index is 558. The Hall–Kier alpha value is -1.95. The summed E-state index contributed by atoms with van der Waals surface area (Å²) in [5, 5.41) is 0. The normalized spacial score (nSPS) is 15.6. The van der Waals surface area contributed by atoms with E-state index in [2.05, 4.69) is 0 Å². The standard InChI is InChI=1S/C16H24N2O4/c1-10(17)16(19)18-7-5-11-9-13(20-2)15(22-4)14(21-3)12(11)6-8-18/h9-10H,5-8,17H2,1-4H3/t10-/m1/s1. The number of nitrogens with zero attached hydrogens (tertiary/aromatic N) is 1. The highest BCUT2D eigenvalue weighted by Crippen LogP contribution is 2.43. The third-order valence-electron chi connectivity index (χ3n) is 4.01. The fourth-order valence-corrected chi connectivity index (χ4v) is 2.89. The molecule has 6 nitrogen and oxygen atoms in total. The highest BCUT2D eigenvalue weighted by Gasteiger charge is 2.26. The van der Waals surface area contributed by atoms with Crippen LogP contribution in [0.4, 0.5) is 0 Å². The number of nitrogens with two attached hydrogens (primary N) is 1. The van der Waals surface area contributed by atoms with Crippen LogP contribution in [-0.2, 0) is 17.6 Å². The minimum Gasteiger partial charge on any atom is -0.493 e. The molecule has 0 aromatic heterocycles. The predicted octanol–water partition coefficient (Wildman–Crippen LogP) is 0.987. The Morgan fingerprint density at radius 2 is 1.77 bits per heavy atom. The fourth-order valence-electron chi connectivity index (χ4n) is 2.89. The minimum atomic E-state index is -0.479. The van der Waals surface area contributed by atoms with Gasteiger partial charge in [0.1, 0.15) is 0 Å². The summed E-state index contributed by atoms with van der Waals surface area (Å²) >= 11 is 0. The lowest BCUT2D eigenvalue weighted by Gasteiger charge is -2.22. The van der Waals surface area contributed by atoms with Crippen LogP contribution in [-0.4, -0.2) is 51.3 Å². The van der Waals surface area contributed by atoms with Crippen LogP contribution in [0.25, 0.3) is 0 Å². The second-order valence-corrected chi connectivity index (χ2v) is 5.40. The zero-order chi connectivity index (χ0) is 16.3. The molecule has 0 bridgehead atoms. The Morgan fingerprint density at radius 3 is 2.32 bits per heavy atom. The summed E-state index contributed by atoms with van der Waals surface area (Å²) < 4.78 is 16.4. The maximum Gasteiger partial charge on any atom is 0.239 e. The molecule has 0 fully saturated rings. The molecule has 0 saturated heterocycles. The SMILES string of the molecule is COc1cc2c(c(OC)c1OC)CCN(C(=O)[C@@H](C)N)CC2. The molecule has 1 aliphatic rings. The molecule has 1 amide bonds. The quantitative estimate of drug-likeness (QED) is 0.898. The first-order chi connectivity index (χ1) is 10.5. The van der Waals surface area contributed by atoms with E-state index in [9.17, 15) is 4.79 Å². The lowest BCUT2D eigenvalue weighted by atomic mass is 10.0. The van der Waals surface area contributed by atoms with Crippen LogP contribution in [0.1, 0.15) is 18.1 Å². The summed E-state index contributed by atoms with van der Waals surface area (Å²) in [7, 11) is 4.81. The minimum absolute atomic E-state index is 0.0225. The van der Waals surface area contributed by atoms with Crippen LogP contribution >= 0.6 is 0 Å². The van der Waals surface area contributed by atoms with Gasteiger partial charge in [0.15, 0.2) is 11.5 Å². The van der Waals surface area contributed by atoms with Crippen molar-refractivity contribution in [2.75, 3.05) is 34.4 Å². The summed E-state index contributed by atoms with van der Waals surface area (Å²) in [5.41, 5.74) is 7.90. The van der Waals surface area contributed by atoms with E-state index in [0.717, 1.165) is 17.5 Å². The highest BCUT2D eigenvalue weighted by molar-refractivity contribution is 5.81. The van der Waals surface area contributed by atoms with Crippen molar-refractivity contribution in [3.8, 4) is 17.2 Å². The summed E-state index contributed by atoms with van der Waals surface area (Å²) in [6.45, 7) is 2.98. The first-order valence-electron chi connectivity index (χ1n) is 7.38. The van der Waals surface area contributed by atoms with Crippen LogP contribution < -0.4 is 19.9 Å². The lowest BCUT2D eigenvalue weighted by molar-refractivity contribution is -0.132. The summed E-state index contributed by atoms with van der Waals surface area (Å²) in [6, 6.07) is 1.49. The van der Waals surface area contributed by atoms with Gasteiger partial charge < -0.3 is 24.8 Å². The molecule has 1 heterocycles. The number of carbonyl (C=O) groups is 1. The van der Waals surface area contributed by atoms with E-state index < -0.39 is 6.04 Å². The van der Waals surface area contributed by atoms with E-state index in [1.165, 1.54) is 0 Å². The Kier molecular flexibility index (Phi) is 5.13. The molecule has 1 aliphatic heterocycles. The molecule has 2 rings (SSSR count). The molecule has 22 heavy (non-hydrogen) atoms. The molecule has 122 valence electrons. The Morgan fingerprint density at radius 1 is 1.14 bits per heavy atom. The van der Waals surface area contributed by atoms with Gasteiger partial charge in [0.05, 0.1) is 27.4 Å². The highest BCUT2D eigenvalue weighted by atomic mass is 16.5. The fraction of sp³-hybridized carbons (Fsp3) is 0.562. The predicted molar refractivity (Wildman–Crippen MR) is 83.7 cm³/mol. The van der Waals surface area contributed by atoms with E-state index in [1.807, 2.05) is 11.0 Å². The third-order valence-corrected chi connectivity index (χ3v) is 4.01. The first-order valence-corrected chi connectivity index (χ1v) is 7.38. The van der Waals surface area contributed by atoms with Crippen molar-refractivity contribution in [3.05, 3.63) is 17.2 Å². The van der Waals surface area contributed by atoms with E-state index in [-0.39, 0.29) is 5.91 Å². The van der Waals surface area contributed by atoms with Crippen molar-refractivity contribution in [2.45, 2.75) is 25.8 Å². The van der Waals surface area contributed by atoms with Gasteiger partial charge in [0.25, 0.3) is 0 Å². The number of amides is 1. The van der Waals surface area contributed by atoms with Gasteiger partial charge in [-0.05, 0) is 31.4 Å². The number of hydrogen-bond acceptors (Lipinski definition) is 5. The van der Waals surface area contributed by atoms with Gasteiger partial charge >= 0.3 is 0 Å². The summed E-state index contributed by atoms with van der Waals surface area (Å²) in [4.78, 5) is 13.9. The number of benzene rings is 1. The van der Waals surface area contributed by atoms with Gasteiger partial charge in [-0.15, -0.1) is 0 Å². The number of ether oxygens (including phenoxy) is 3. The molecule has 0 radical (unpaired) electrons. The largest absolute Gasteiger partial charge is 0.493 e. The number of fused-ring (bicyclic) bond motifs is 1. The molecule has 0 unspecified atom stereocenters. The second kappa shape index (κ2) is 6.87. The molecular formula is C16H24N2O4. The molecule has 6 heteroatoms. The molecule has 0 saturated carbocycles. The molecule has 1 atom stereocenters.